The lowest BCUT2D eigenvalue weighted by molar-refractivity contribution is -0.138. The Morgan fingerprint density at radius 1 is 1.29 bits per heavy atom. The predicted octanol–water partition coefficient (Wildman–Crippen LogP) is 3.18. The van der Waals surface area contributed by atoms with E-state index in [2.05, 4.69) is 10.3 Å². The average molecular weight is 350 g/mol. The SMILES string of the molecule is CC(C)(C)c1nc(C(=O)NCC(C(=O)O)c2ccc(F)cc2)cs1. The van der Waals surface area contributed by atoms with Crippen LogP contribution in [0.4, 0.5) is 4.39 Å². The van der Waals surface area contributed by atoms with Gasteiger partial charge in [0.15, 0.2) is 0 Å². The second kappa shape index (κ2) is 7.09. The number of amides is 1. The van der Waals surface area contributed by atoms with Gasteiger partial charge in [-0.1, -0.05) is 32.9 Å². The van der Waals surface area contributed by atoms with Gasteiger partial charge >= 0.3 is 5.97 Å². The van der Waals surface area contributed by atoms with Crippen LogP contribution >= 0.6 is 11.3 Å². The summed E-state index contributed by atoms with van der Waals surface area (Å²) in [6.07, 6.45) is 0. The third-order valence-electron chi connectivity index (χ3n) is 3.42. The number of carbonyl (C=O) groups is 2. The van der Waals surface area contributed by atoms with Gasteiger partial charge in [-0.05, 0) is 17.7 Å². The van der Waals surface area contributed by atoms with Gasteiger partial charge in [-0.3, -0.25) is 9.59 Å². The highest BCUT2D eigenvalue weighted by Crippen LogP contribution is 2.25. The van der Waals surface area contributed by atoms with Crippen LogP contribution in [0.2, 0.25) is 0 Å². The molecule has 2 rings (SSSR count). The number of hydrogen-bond acceptors (Lipinski definition) is 4. The monoisotopic (exact) mass is 350 g/mol. The Morgan fingerprint density at radius 2 is 1.92 bits per heavy atom. The van der Waals surface area contributed by atoms with Crippen LogP contribution in [0, 0.1) is 5.82 Å². The van der Waals surface area contributed by atoms with E-state index in [4.69, 9.17) is 0 Å². The van der Waals surface area contributed by atoms with E-state index in [0.717, 1.165) is 5.01 Å². The lowest BCUT2D eigenvalue weighted by Crippen LogP contribution is -2.32. The summed E-state index contributed by atoms with van der Waals surface area (Å²) in [5.41, 5.74) is 0.548. The molecule has 1 amide bonds. The lowest BCUT2D eigenvalue weighted by Gasteiger charge is -2.14. The highest BCUT2D eigenvalue weighted by Gasteiger charge is 2.23. The minimum absolute atomic E-state index is 0.0951. The van der Waals surface area contributed by atoms with Crippen LogP contribution in [-0.4, -0.2) is 28.5 Å². The molecule has 0 fully saturated rings. The van der Waals surface area contributed by atoms with Gasteiger partial charge in [0.1, 0.15) is 11.5 Å². The normalized spacial score (nSPS) is 12.7. The number of nitrogens with zero attached hydrogens (tertiary/aromatic N) is 1. The Hall–Kier alpha value is -2.28. The molecule has 0 aliphatic heterocycles. The van der Waals surface area contributed by atoms with E-state index in [-0.39, 0.29) is 17.7 Å². The zero-order valence-electron chi connectivity index (χ0n) is 13.7. The van der Waals surface area contributed by atoms with Crippen LogP contribution in [0.1, 0.15) is 47.7 Å². The molecular formula is C17H19FN2O3S. The quantitative estimate of drug-likeness (QED) is 0.868. The molecular weight excluding hydrogens is 331 g/mol. The molecule has 2 aromatic rings. The number of nitrogens with one attached hydrogen (secondary N) is 1. The van der Waals surface area contributed by atoms with Crippen LogP contribution in [0.25, 0.3) is 0 Å². The van der Waals surface area contributed by atoms with Crippen molar-refractivity contribution in [3.8, 4) is 0 Å². The first-order valence-corrected chi connectivity index (χ1v) is 8.29. The topological polar surface area (TPSA) is 79.3 Å². The van der Waals surface area contributed by atoms with Gasteiger partial charge in [-0.25, -0.2) is 9.37 Å². The first kappa shape index (κ1) is 18.1. The number of halogens is 1. The summed E-state index contributed by atoms with van der Waals surface area (Å²) in [6.45, 7) is 5.91. The summed E-state index contributed by atoms with van der Waals surface area (Å²) < 4.78 is 13.0. The van der Waals surface area contributed by atoms with Crippen molar-refractivity contribution in [1.29, 1.82) is 0 Å². The summed E-state index contributed by atoms with van der Waals surface area (Å²) in [4.78, 5) is 27.9. The summed E-state index contributed by atoms with van der Waals surface area (Å²) >= 11 is 1.39. The number of aliphatic carboxylic acids is 1. The van der Waals surface area contributed by atoms with Gasteiger partial charge in [-0.15, -0.1) is 11.3 Å². The van der Waals surface area contributed by atoms with E-state index in [0.29, 0.717) is 5.56 Å². The van der Waals surface area contributed by atoms with Crippen molar-refractivity contribution in [2.24, 2.45) is 0 Å². The lowest BCUT2D eigenvalue weighted by atomic mass is 9.98. The van der Waals surface area contributed by atoms with E-state index in [1.54, 1.807) is 5.38 Å². The Morgan fingerprint density at radius 3 is 2.42 bits per heavy atom. The largest absolute Gasteiger partial charge is 0.481 e. The Labute approximate surface area is 143 Å². The molecule has 5 nitrogen and oxygen atoms in total. The summed E-state index contributed by atoms with van der Waals surface area (Å²) in [5.74, 6) is -2.90. The zero-order chi connectivity index (χ0) is 17.9. The summed E-state index contributed by atoms with van der Waals surface area (Å²) in [7, 11) is 0. The maximum atomic E-state index is 13.0. The van der Waals surface area contributed by atoms with E-state index in [9.17, 15) is 19.1 Å². The number of thiazole rings is 1. The van der Waals surface area contributed by atoms with Crippen molar-refractivity contribution < 1.29 is 19.1 Å². The molecule has 0 saturated carbocycles. The van der Waals surface area contributed by atoms with Crippen molar-refractivity contribution in [1.82, 2.24) is 10.3 Å². The van der Waals surface area contributed by atoms with Crippen LogP contribution in [-0.2, 0) is 10.2 Å². The van der Waals surface area contributed by atoms with E-state index in [1.165, 1.54) is 35.6 Å². The molecule has 2 N–H and O–H groups in total. The van der Waals surface area contributed by atoms with E-state index in [1.807, 2.05) is 20.8 Å². The maximum absolute atomic E-state index is 13.0. The summed E-state index contributed by atoms with van der Waals surface area (Å²) in [5, 5.41) is 14.4. The maximum Gasteiger partial charge on any atom is 0.312 e. The van der Waals surface area contributed by atoms with Crippen molar-refractivity contribution in [3.05, 3.63) is 51.7 Å². The van der Waals surface area contributed by atoms with Crippen molar-refractivity contribution in [2.75, 3.05) is 6.54 Å². The number of carboxylic acid groups (broad SMARTS) is 1. The standard InChI is InChI=1S/C17H19FN2O3S/c1-17(2,3)16-20-13(9-24-16)14(21)19-8-12(15(22)23)10-4-6-11(18)7-5-10/h4-7,9,12H,8H2,1-3H3,(H,19,21)(H,22,23). The minimum Gasteiger partial charge on any atom is -0.481 e. The molecule has 128 valence electrons. The smallest absolute Gasteiger partial charge is 0.312 e. The minimum atomic E-state index is -1.09. The molecule has 0 radical (unpaired) electrons. The molecule has 1 aromatic heterocycles. The molecule has 24 heavy (non-hydrogen) atoms. The Bertz CT molecular complexity index is 735. The molecule has 1 atom stereocenters. The number of carboxylic acids is 1. The molecule has 0 aliphatic carbocycles. The molecule has 0 spiro atoms. The van der Waals surface area contributed by atoms with Gasteiger partial charge in [0.05, 0.1) is 10.9 Å². The molecule has 1 heterocycles. The molecule has 0 bridgehead atoms. The molecule has 7 heteroatoms. The fourth-order valence-electron chi connectivity index (χ4n) is 2.05. The molecule has 0 aliphatic rings. The van der Waals surface area contributed by atoms with Gasteiger partial charge in [0.2, 0.25) is 0 Å². The van der Waals surface area contributed by atoms with Gasteiger partial charge in [0, 0.05) is 17.3 Å². The molecule has 0 saturated heterocycles. The summed E-state index contributed by atoms with van der Waals surface area (Å²) in [6, 6.07) is 5.20. The second-order valence-corrected chi connectivity index (χ2v) is 7.30. The zero-order valence-corrected chi connectivity index (χ0v) is 14.5. The fraction of sp³-hybridized carbons (Fsp3) is 0.353. The van der Waals surface area contributed by atoms with E-state index >= 15 is 0 Å². The Kier molecular flexibility index (Phi) is 5.33. The molecule has 1 aromatic carbocycles. The van der Waals surface area contributed by atoms with Crippen LogP contribution in [0.5, 0.6) is 0 Å². The number of hydrogen-bond donors (Lipinski definition) is 2. The molecule has 1 unspecified atom stereocenters. The first-order valence-electron chi connectivity index (χ1n) is 7.41. The number of carbonyl (C=O) groups excluding carboxylic acids is 1. The number of benzene rings is 1. The first-order chi connectivity index (χ1) is 11.2. The van der Waals surface area contributed by atoms with E-state index < -0.39 is 23.6 Å². The number of rotatable bonds is 5. The van der Waals surface area contributed by atoms with Gasteiger partial charge in [-0.2, -0.15) is 0 Å². The second-order valence-electron chi connectivity index (χ2n) is 6.44. The average Bonchev–Trinajstić information content (AvgIpc) is 2.99. The van der Waals surface area contributed by atoms with Gasteiger partial charge in [0.25, 0.3) is 5.91 Å². The van der Waals surface area contributed by atoms with Crippen LogP contribution < -0.4 is 5.32 Å². The third kappa shape index (κ3) is 4.38. The highest BCUT2D eigenvalue weighted by atomic mass is 32.1. The fourth-order valence-corrected chi connectivity index (χ4v) is 2.94. The van der Waals surface area contributed by atoms with Crippen LogP contribution in [0.3, 0.4) is 0 Å². The van der Waals surface area contributed by atoms with Crippen LogP contribution in [0.15, 0.2) is 29.6 Å². The van der Waals surface area contributed by atoms with Crippen molar-refractivity contribution in [3.63, 3.8) is 0 Å². The van der Waals surface area contributed by atoms with Crippen molar-refractivity contribution in [2.45, 2.75) is 32.1 Å². The Balaban J connectivity index is 2.06. The number of aromatic nitrogens is 1. The van der Waals surface area contributed by atoms with Crippen molar-refractivity contribution >= 4 is 23.2 Å². The van der Waals surface area contributed by atoms with Gasteiger partial charge < -0.3 is 10.4 Å². The predicted molar refractivity (Wildman–Crippen MR) is 89.9 cm³/mol. The third-order valence-corrected chi connectivity index (χ3v) is 4.68. The highest BCUT2D eigenvalue weighted by molar-refractivity contribution is 7.10.